The Kier molecular flexibility index (Phi) is 10.7. The van der Waals surface area contributed by atoms with Gasteiger partial charge in [0.25, 0.3) is 0 Å². The molecule has 1 heteroatoms. The van der Waals surface area contributed by atoms with Crippen LogP contribution in [-0.2, 0) is 0 Å². The number of anilines is 2. The van der Waals surface area contributed by atoms with Gasteiger partial charge in [-0.15, -0.1) is 0 Å². The third-order valence-corrected chi connectivity index (χ3v) is 9.81. The van der Waals surface area contributed by atoms with E-state index in [4.69, 9.17) is 0 Å². The number of hydrogen-bond donors (Lipinski definition) is 0. The van der Waals surface area contributed by atoms with Crippen LogP contribution in [0.4, 0.5) is 11.4 Å². The Labute approximate surface area is 309 Å². The largest absolute Gasteiger partial charge is 0.314 e. The van der Waals surface area contributed by atoms with Crippen molar-refractivity contribution in [3.05, 3.63) is 216 Å². The normalized spacial score (nSPS) is 12.5. The summed E-state index contributed by atoms with van der Waals surface area (Å²) in [5.41, 5.74) is 15.4. The summed E-state index contributed by atoms with van der Waals surface area (Å²) in [4.78, 5) is 2.44. The van der Waals surface area contributed by atoms with Crippen molar-refractivity contribution < 1.29 is 0 Å². The summed E-state index contributed by atoms with van der Waals surface area (Å²) in [6.07, 6.45) is 10.9. The highest BCUT2D eigenvalue weighted by atomic mass is 15.1. The Hall–Kier alpha value is -6.18. The molecule has 254 valence electrons. The monoisotopic (exact) mass is 671 g/mol. The van der Waals surface area contributed by atoms with E-state index in [1.54, 1.807) is 0 Å². The maximum atomic E-state index is 2.44. The molecular formula is C51H45N. The first kappa shape index (κ1) is 34.3. The molecule has 0 heterocycles. The highest BCUT2D eigenvalue weighted by Gasteiger charge is 2.20. The van der Waals surface area contributed by atoms with E-state index < -0.39 is 0 Å². The van der Waals surface area contributed by atoms with Gasteiger partial charge in [0.2, 0.25) is 0 Å². The summed E-state index contributed by atoms with van der Waals surface area (Å²) >= 11 is 0. The molecule has 0 atom stereocenters. The van der Waals surface area contributed by atoms with Gasteiger partial charge in [-0.05, 0) is 114 Å². The van der Waals surface area contributed by atoms with Crippen molar-refractivity contribution in [2.24, 2.45) is 0 Å². The molecule has 7 aromatic rings. The quantitative estimate of drug-likeness (QED) is 0.163. The molecule has 0 aliphatic heterocycles. The SMILES string of the molecule is C/C=C\c1cc(-c2ccccc2)ccc1C.Cc1ccc(-c2ccc(N(C3=CC=C(c4ccccc4)CC3)c3cccc4ccccc34)cc2)cc1. The van der Waals surface area contributed by atoms with Crippen LogP contribution in [0.25, 0.3) is 44.7 Å². The van der Waals surface area contributed by atoms with Gasteiger partial charge in [-0.1, -0.05) is 169 Å². The summed E-state index contributed by atoms with van der Waals surface area (Å²) in [5.74, 6) is 0. The molecule has 1 nitrogen and oxygen atoms in total. The van der Waals surface area contributed by atoms with Gasteiger partial charge in [0.15, 0.2) is 0 Å². The molecule has 8 rings (SSSR count). The van der Waals surface area contributed by atoms with Gasteiger partial charge in [-0.2, -0.15) is 0 Å². The minimum Gasteiger partial charge on any atom is -0.314 e. The van der Waals surface area contributed by atoms with Crippen LogP contribution in [0.3, 0.4) is 0 Å². The van der Waals surface area contributed by atoms with Crippen molar-refractivity contribution >= 4 is 33.8 Å². The first-order valence-corrected chi connectivity index (χ1v) is 18.3. The molecule has 52 heavy (non-hydrogen) atoms. The fourth-order valence-electron chi connectivity index (χ4n) is 6.93. The summed E-state index contributed by atoms with van der Waals surface area (Å²) in [5, 5.41) is 2.52. The Morgan fingerprint density at radius 1 is 0.500 bits per heavy atom. The lowest BCUT2D eigenvalue weighted by atomic mass is 9.94. The van der Waals surface area contributed by atoms with Crippen LogP contribution >= 0.6 is 0 Å². The van der Waals surface area contributed by atoms with E-state index in [1.807, 2.05) is 6.07 Å². The number of fused-ring (bicyclic) bond motifs is 1. The zero-order valence-corrected chi connectivity index (χ0v) is 30.3. The fraction of sp³-hybridized carbons (Fsp3) is 0.0980. The number of benzene rings is 7. The molecule has 1 aliphatic rings. The van der Waals surface area contributed by atoms with Crippen molar-refractivity contribution in [3.63, 3.8) is 0 Å². The molecule has 0 spiro atoms. The van der Waals surface area contributed by atoms with Crippen LogP contribution in [0.1, 0.15) is 42.0 Å². The number of nitrogens with zero attached hydrogens (tertiary/aromatic N) is 1. The van der Waals surface area contributed by atoms with E-state index in [0.717, 1.165) is 12.8 Å². The van der Waals surface area contributed by atoms with Crippen LogP contribution in [0.2, 0.25) is 0 Å². The van der Waals surface area contributed by atoms with Crippen LogP contribution in [0, 0.1) is 13.8 Å². The maximum Gasteiger partial charge on any atom is 0.0536 e. The summed E-state index contributed by atoms with van der Waals surface area (Å²) in [6.45, 7) is 6.32. The topological polar surface area (TPSA) is 3.24 Å². The molecule has 0 amide bonds. The van der Waals surface area contributed by atoms with E-state index in [0.29, 0.717) is 0 Å². The highest BCUT2D eigenvalue weighted by molar-refractivity contribution is 5.97. The molecule has 0 saturated heterocycles. The Bertz CT molecular complexity index is 2340. The summed E-state index contributed by atoms with van der Waals surface area (Å²) in [6, 6.07) is 60.8. The van der Waals surface area contributed by atoms with Gasteiger partial charge in [-0.3, -0.25) is 0 Å². The smallest absolute Gasteiger partial charge is 0.0536 e. The number of hydrogen-bond acceptors (Lipinski definition) is 1. The highest BCUT2D eigenvalue weighted by Crippen LogP contribution is 2.40. The standard InChI is InChI=1S/C35H29N.C16H16/c1-26-14-16-28(17-15-26)30-20-24-33(25-21-30)36(35-13-7-11-31-10-5-6-12-34(31)35)32-22-18-29(19-23-32)27-8-3-2-4-9-27;1-3-7-15-12-16(11-10-13(15)2)14-8-5-4-6-9-14/h2-18,20-22,24-25H,19,23H2,1H3;3-12H,1-2H3/b;7-3-. The molecule has 0 unspecified atom stereocenters. The van der Waals surface area contributed by atoms with Crippen LogP contribution in [-0.4, -0.2) is 0 Å². The predicted octanol–water partition coefficient (Wildman–Crippen LogP) is 14.4. The lowest BCUT2D eigenvalue weighted by Gasteiger charge is -2.31. The van der Waals surface area contributed by atoms with Crippen molar-refractivity contribution in [3.8, 4) is 22.3 Å². The van der Waals surface area contributed by atoms with Crippen molar-refractivity contribution in [1.82, 2.24) is 0 Å². The molecule has 0 N–H and O–H groups in total. The van der Waals surface area contributed by atoms with E-state index in [-0.39, 0.29) is 0 Å². The van der Waals surface area contributed by atoms with E-state index >= 15 is 0 Å². The second kappa shape index (κ2) is 16.2. The lowest BCUT2D eigenvalue weighted by Crippen LogP contribution is -2.18. The molecule has 0 fully saturated rings. The number of allylic oxidation sites excluding steroid dienone is 5. The second-order valence-corrected chi connectivity index (χ2v) is 13.4. The first-order chi connectivity index (χ1) is 25.6. The van der Waals surface area contributed by atoms with Gasteiger partial charge < -0.3 is 4.90 Å². The number of aryl methyl sites for hydroxylation is 2. The Balaban J connectivity index is 0.000000220. The van der Waals surface area contributed by atoms with Crippen molar-refractivity contribution in [2.45, 2.75) is 33.6 Å². The maximum absolute atomic E-state index is 2.44. The summed E-state index contributed by atoms with van der Waals surface area (Å²) < 4.78 is 0. The zero-order chi connectivity index (χ0) is 35.7. The van der Waals surface area contributed by atoms with Gasteiger partial charge >= 0.3 is 0 Å². The molecule has 1 aliphatic carbocycles. The molecular weight excluding hydrogens is 627 g/mol. The Morgan fingerprint density at radius 3 is 1.77 bits per heavy atom. The van der Waals surface area contributed by atoms with Crippen LogP contribution in [0.5, 0.6) is 0 Å². The van der Waals surface area contributed by atoms with Crippen LogP contribution in [0.15, 0.2) is 194 Å². The first-order valence-electron chi connectivity index (χ1n) is 18.3. The molecule has 0 radical (unpaired) electrons. The third kappa shape index (κ3) is 7.90. The third-order valence-electron chi connectivity index (χ3n) is 9.81. The van der Waals surface area contributed by atoms with E-state index in [1.165, 1.54) is 77.9 Å². The molecule has 7 aromatic carbocycles. The average molecular weight is 672 g/mol. The van der Waals surface area contributed by atoms with E-state index in [2.05, 4.69) is 214 Å². The second-order valence-electron chi connectivity index (χ2n) is 13.4. The van der Waals surface area contributed by atoms with Gasteiger partial charge in [-0.25, -0.2) is 0 Å². The fourth-order valence-corrected chi connectivity index (χ4v) is 6.93. The molecule has 0 saturated carbocycles. The minimum atomic E-state index is 0.990. The van der Waals surface area contributed by atoms with Crippen molar-refractivity contribution in [1.29, 1.82) is 0 Å². The van der Waals surface area contributed by atoms with Crippen molar-refractivity contribution in [2.75, 3.05) is 4.90 Å². The van der Waals surface area contributed by atoms with Crippen LogP contribution < -0.4 is 4.90 Å². The zero-order valence-electron chi connectivity index (χ0n) is 30.3. The van der Waals surface area contributed by atoms with Gasteiger partial charge in [0, 0.05) is 16.8 Å². The Morgan fingerprint density at radius 2 is 1.10 bits per heavy atom. The summed E-state index contributed by atoms with van der Waals surface area (Å²) in [7, 11) is 0. The van der Waals surface area contributed by atoms with Gasteiger partial charge in [0.05, 0.1) is 5.69 Å². The van der Waals surface area contributed by atoms with Gasteiger partial charge in [0.1, 0.15) is 0 Å². The number of rotatable bonds is 7. The average Bonchev–Trinajstić information content (AvgIpc) is 3.21. The van der Waals surface area contributed by atoms with E-state index in [9.17, 15) is 0 Å². The molecule has 0 aromatic heterocycles. The lowest BCUT2D eigenvalue weighted by molar-refractivity contribution is 0.932. The molecule has 0 bridgehead atoms. The predicted molar refractivity (Wildman–Crippen MR) is 226 cm³/mol. The minimum absolute atomic E-state index is 0.990.